The van der Waals surface area contributed by atoms with E-state index >= 15 is 0 Å². The van der Waals surface area contributed by atoms with Crippen LogP contribution in [0.5, 0.6) is 0 Å². The lowest BCUT2D eigenvalue weighted by Gasteiger charge is -2.21. The lowest BCUT2D eigenvalue weighted by atomic mass is 10.0. The van der Waals surface area contributed by atoms with Crippen molar-refractivity contribution in [2.45, 2.75) is 283 Å². The maximum atomic E-state index is 12.9. The number of allylic oxidation sites excluding steroid dienone is 20. The molecule has 0 saturated heterocycles. The molecule has 0 saturated carbocycles. The Bertz CT molecular complexity index is 2140. The summed E-state index contributed by atoms with van der Waals surface area (Å²) in [6.07, 6.45) is 75.5. The predicted octanol–water partition coefficient (Wildman–Crippen LogP) is 19.4. The number of unbranched alkanes of at least 4 members (excludes halogenated alkanes) is 22. The highest BCUT2D eigenvalue weighted by Crippen LogP contribution is 2.45. The normalized spacial score (nSPS) is 14.9. The molecule has 0 rings (SSSR count). The minimum Gasteiger partial charge on any atom is -0.463 e. The van der Waals surface area contributed by atoms with E-state index in [1.807, 2.05) is 0 Å². The molecule has 91 heavy (non-hydrogen) atoms. The van der Waals surface area contributed by atoms with Crippen LogP contribution in [0.3, 0.4) is 0 Å². The van der Waals surface area contributed by atoms with Crippen LogP contribution in [0.15, 0.2) is 122 Å². The number of rotatable bonds is 65. The number of carbonyl (C=O) groups excluding carboxylic acids is 3. The van der Waals surface area contributed by atoms with Gasteiger partial charge >= 0.3 is 33.6 Å². The van der Waals surface area contributed by atoms with Crippen LogP contribution in [-0.2, 0) is 55.8 Å². The second kappa shape index (κ2) is 66.0. The van der Waals surface area contributed by atoms with Crippen molar-refractivity contribution in [3.63, 3.8) is 0 Å². The van der Waals surface area contributed by atoms with Gasteiger partial charge in [0, 0.05) is 19.3 Å². The first-order valence-corrected chi connectivity index (χ1v) is 37.8. The third kappa shape index (κ3) is 67.2. The minimum absolute atomic E-state index is 0.0823. The molecule has 4 N–H and O–H groups in total. The van der Waals surface area contributed by atoms with E-state index in [2.05, 4.69) is 142 Å². The Hall–Kier alpha value is -4.05. The molecule has 0 heterocycles. The number of aliphatic hydroxyl groups is 2. The van der Waals surface area contributed by atoms with E-state index in [-0.39, 0.29) is 19.3 Å². The lowest BCUT2D eigenvalue weighted by Crippen LogP contribution is -2.30. The van der Waals surface area contributed by atoms with Crippen LogP contribution in [0, 0.1) is 0 Å². The summed E-state index contributed by atoms with van der Waals surface area (Å²) in [5.41, 5.74) is 0. The average Bonchev–Trinajstić information content (AvgIpc) is 3.70. The van der Waals surface area contributed by atoms with E-state index < -0.39 is 91.5 Å². The van der Waals surface area contributed by atoms with E-state index in [0.29, 0.717) is 19.3 Å². The van der Waals surface area contributed by atoms with Gasteiger partial charge in [-0.3, -0.25) is 32.5 Å². The number of hydrogen-bond acceptors (Lipinski definition) is 14. The topological polar surface area (TPSA) is 231 Å². The fourth-order valence-corrected chi connectivity index (χ4v) is 10.5. The van der Waals surface area contributed by atoms with E-state index in [0.717, 1.165) is 161 Å². The first-order valence-electron chi connectivity index (χ1n) is 34.8. The van der Waals surface area contributed by atoms with Crippen molar-refractivity contribution in [1.82, 2.24) is 0 Å². The van der Waals surface area contributed by atoms with Gasteiger partial charge in [-0.25, -0.2) is 9.13 Å². The molecule has 0 radical (unpaired) electrons. The maximum absolute atomic E-state index is 12.9. The summed E-state index contributed by atoms with van der Waals surface area (Å²) in [7, 11) is -9.79. The van der Waals surface area contributed by atoms with Gasteiger partial charge in [-0.05, 0) is 122 Å². The van der Waals surface area contributed by atoms with Crippen molar-refractivity contribution >= 4 is 33.6 Å². The molecule has 5 unspecified atom stereocenters. The van der Waals surface area contributed by atoms with Gasteiger partial charge in [0.2, 0.25) is 0 Å². The van der Waals surface area contributed by atoms with Crippen LogP contribution in [0.4, 0.5) is 0 Å². The molecule has 0 bridgehead atoms. The standard InChI is InChI=1S/C73H124O16P2/c1-4-7-10-13-16-19-22-25-27-28-29-30-31-32-33-34-35-36-37-38-40-43-44-47-50-53-56-59-71(76)83-62-68(74)63-85-90(79,80)86-64-69(75)65-87-91(81,82)88-67-70(89-73(78)61-58-55-52-49-46-41-24-21-18-15-12-9-6-3)66-84-72(77)60-57-54-51-48-45-42-39-26-23-20-17-14-11-8-5-2/h7-8,10-12,15-17,19-21,24-27,29-30,32-33,39,68-70,74-75H,4-6,9,13-14,18,22-23,28,31,34-38,40-67H2,1-3H3,(H,79,80)(H,81,82)/b10-7-,11-8-,15-12-,19-16-,20-17-,24-21-,27-25-,30-29-,33-32-,39-26-. The Labute approximate surface area is 551 Å². The van der Waals surface area contributed by atoms with Gasteiger partial charge < -0.3 is 34.2 Å². The molecule has 16 nitrogen and oxygen atoms in total. The number of phosphoric acid groups is 2. The molecule has 0 fully saturated rings. The van der Waals surface area contributed by atoms with Crippen LogP contribution in [0.25, 0.3) is 0 Å². The number of carbonyl (C=O) groups is 3. The molecule has 0 aromatic heterocycles. The summed E-state index contributed by atoms with van der Waals surface area (Å²) >= 11 is 0. The van der Waals surface area contributed by atoms with Crippen LogP contribution in [-0.4, -0.2) is 95.9 Å². The summed E-state index contributed by atoms with van der Waals surface area (Å²) in [6, 6.07) is 0. The molecule has 0 aliphatic carbocycles. The van der Waals surface area contributed by atoms with Crippen LogP contribution in [0.1, 0.15) is 265 Å². The molecule has 18 heteroatoms. The molecular weight excluding hydrogens is 1190 g/mol. The first kappa shape index (κ1) is 87.0. The molecule has 0 aliphatic heterocycles. The molecule has 0 aliphatic rings. The number of ether oxygens (including phenoxy) is 3. The van der Waals surface area contributed by atoms with Gasteiger partial charge in [-0.15, -0.1) is 0 Å². The average molecular weight is 1320 g/mol. The zero-order valence-electron chi connectivity index (χ0n) is 56.5. The van der Waals surface area contributed by atoms with Gasteiger partial charge in [0.25, 0.3) is 0 Å². The maximum Gasteiger partial charge on any atom is 0.472 e. The molecular formula is C73H124O16P2. The summed E-state index contributed by atoms with van der Waals surface area (Å²) in [5, 5.41) is 20.6. The van der Waals surface area contributed by atoms with Crippen molar-refractivity contribution in [2.75, 3.05) is 39.6 Å². The lowest BCUT2D eigenvalue weighted by molar-refractivity contribution is -0.161. The summed E-state index contributed by atoms with van der Waals surface area (Å²) < 4.78 is 60.8. The van der Waals surface area contributed by atoms with E-state index in [4.69, 9.17) is 32.3 Å². The number of hydrogen-bond donors (Lipinski definition) is 4. The van der Waals surface area contributed by atoms with Crippen molar-refractivity contribution < 1.29 is 75.8 Å². The van der Waals surface area contributed by atoms with Crippen molar-refractivity contribution in [3.05, 3.63) is 122 Å². The Kier molecular flexibility index (Phi) is 63.1. The highest BCUT2D eigenvalue weighted by molar-refractivity contribution is 7.47. The van der Waals surface area contributed by atoms with Gasteiger partial charge in [0.05, 0.1) is 26.4 Å². The number of aliphatic hydroxyl groups excluding tert-OH is 2. The van der Waals surface area contributed by atoms with Crippen molar-refractivity contribution in [2.24, 2.45) is 0 Å². The number of phosphoric ester groups is 2. The van der Waals surface area contributed by atoms with Crippen molar-refractivity contribution in [1.29, 1.82) is 0 Å². The largest absolute Gasteiger partial charge is 0.472 e. The zero-order valence-corrected chi connectivity index (χ0v) is 58.3. The van der Waals surface area contributed by atoms with E-state index in [1.54, 1.807) is 0 Å². The molecule has 522 valence electrons. The Morgan fingerprint density at radius 1 is 0.319 bits per heavy atom. The Morgan fingerprint density at radius 3 is 0.923 bits per heavy atom. The molecule has 0 spiro atoms. The zero-order chi connectivity index (χ0) is 66.7. The fraction of sp³-hybridized carbons (Fsp3) is 0.685. The van der Waals surface area contributed by atoms with Gasteiger partial charge in [0.15, 0.2) is 6.10 Å². The second-order valence-electron chi connectivity index (χ2n) is 22.9. The van der Waals surface area contributed by atoms with Gasteiger partial charge in [-0.2, -0.15) is 0 Å². The molecule has 0 aromatic rings. The van der Waals surface area contributed by atoms with Crippen LogP contribution < -0.4 is 0 Å². The Balaban J connectivity index is 4.51. The summed E-state index contributed by atoms with van der Waals surface area (Å²) in [5.74, 6) is -1.62. The Morgan fingerprint density at radius 2 is 0.582 bits per heavy atom. The highest BCUT2D eigenvalue weighted by Gasteiger charge is 2.29. The third-order valence-corrected chi connectivity index (χ3v) is 16.0. The fourth-order valence-electron chi connectivity index (χ4n) is 8.88. The third-order valence-electron chi connectivity index (χ3n) is 14.1. The number of esters is 3. The molecule has 0 aromatic carbocycles. The SMILES string of the molecule is CC/C=C\C/C=C\C/C=C\C/C=C\C/C=C\CCCCCCCCCCCCCC(=O)OCC(O)COP(=O)(O)OCC(O)COP(=O)(O)OCC(COC(=O)CCCCCCC/C=C\C/C=C\C/C=C\CC)OC(=O)CCCCCCC/C=C\C/C=C\CCC. The quantitative estimate of drug-likeness (QED) is 0.0146. The van der Waals surface area contributed by atoms with Crippen LogP contribution in [0.2, 0.25) is 0 Å². The summed E-state index contributed by atoms with van der Waals surface area (Å²) in [4.78, 5) is 58.3. The van der Waals surface area contributed by atoms with Gasteiger partial charge in [-0.1, -0.05) is 245 Å². The smallest absolute Gasteiger partial charge is 0.463 e. The first-order chi connectivity index (χ1) is 44.2. The molecule has 5 atom stereocenters. The summed E-state index contributed by atoms with van der Waals surface area (Å²) in [6.45, 7) is 2.33. The second-order valence-corrected chi connectivity index (χ2v) is 25.8. The monoisotopic (exact) mass is 1320 g/mol. The predicted molar refractivity (Wildman–Crippen MR) is 371 cm³/mol. The molecule has 0 amide bonds. The van der Waals surface area contributed by atoms with Crippen LogP contribution >= 0.6 is 15.6 Å². The van der Waals surface area contributed by atoms with E-state index in [1.165, 1.54) is 44.9 Å². The van der Waals surface area contributed by atoms with Crippen molar-refractivity contribution in [3.8, 4) is 0 Å². The van der Waals surface area contributed by atoms with E-state index in [9.17, 15) is 43.5 Å². The highest BCUT2D eigenvalue weighted by atomic mass is 31.2. The van der Waals surface area contributed by atoms with Gasteiger partial charge in [0.1, 0.15) is 25.4 Å². The minimum atomic E-state index is -4.93.